The molecule has 4 rings (SSSR count). The van der Waals surface area contributed by atoms with E-state index in [0.29, 0.717) is 18.1 Å². The number of rotatable bonds is 7. The van der Waals surface area contributed by atoms with E-state index in [1.54, 1.807) is 4.68 Å². The molecule has 0 saturated heterocycles. The summed E-state index contributed by atoms with van der Waals surface area (Å²) in [5.41, 5.74) is 2.98. The van der Waals surface area contributed by atoms with Gasteiger partial charge in [-0.05, 0) is 43.2 Å². The van der Waals surface area contributed by atoms with Crippen LogP contribution in [0.4, 0.5) is 11.6 Å². The average Bonchev–Trinajstić information content (AvgIpc) is 3.22. The van der Waals surface area contributed by atoms with Gasteiger partial charge in [0.2, 0.25) is 5.95 Å². The fourth-order valence-corrected chi connectivity index (χ4v) is 3.52. The van der Waals surface area contributed by atoms with Crippen LogP contribution >= 0.6 is 0 Å². The minimum atomic E-state index is -0.415. The van der Waals surface area contributed by atoms with Gasteiger partial charge < -0.3 is 15.4 Å². The van der Waals surface area contributed by atoms with Gasteiger partial charge in [0.15, 0.2) is 0 Å². The number of unbranched alkanes of at least 4 members (excludes halogenated alkanes) is 1. The molecule has 0 bridgehead atoms. The van der Waals surface area contributed by atoms with Crippen molar-refractivity contribution < 1.29 is 9.53 Å². The lowest BCUT2D eigenvalue weighted by atomic mass is 9.95. The van der Waals surface area contributed by atoms with Crippen LogP contribution in [0, 0.1) is 0 Å². The Morgan fingerprint density at radius 1 is 1.20 bits per heavy atom. The fraction of sp³-hybridized carbons (Fsp3) is 0.261. The quantitative estimate of drug-likeness (QED) is 0.572. The van der Waals surface area contributed by atoms with Crippen LogP contribution < -0.4 is 15.4 Å². The molecule has 1 amide bonds. The number of carbonyl (C=O) groups excluding carboxylic acids is 1. The summed E-state index contributed by atoms with van der Waals surface area (Å²) in [5.74, 6) is 1.20. The van der Waals surface area contributed by atoms with Gasteiger partial charge in [-0.2, -0.15) is 10.1 Å². The van der Waals surface area contributed by atoms with Crippen molar-refractivity contribution in [1.82, 2.24) is 14.8 Å². The van der Waals surface area contributed by atoms with E-state index in [4.69, 9.17) is 4.74 Å². The van der Waals surface area contributed by atoms with Crippen molar-refractivity contribution in [2.24, 2.45) is 0 Å². The van der Waals surface area contributed by atoms with Crippen molar-refractivity contribution in [3.8, 4) is 5.75 Å². The van der Waals surface area contributed by atoms with Crippen molar-refractivity contribution in [3.05, 3.63) is 77.8 Å². The highest BCUT2D eigenvalue weighted by atomic mass is 16.5. The Labute approximate surface area is 175 Å². The molecule has 0 aliphatic carbocycles. The van der Waals surface area contributed by atoms with Gasteiger partial charge in [0.25, 0.3) is 5.91 Å². The minimum absolute atomic E-state index is 0.186. The molecule has 1 aliphatic rings. The van der Waals surface area contributed by atoms with Gasteiger partial charge >= 0.3 is 0 Å². The molecule has 3 aromatic rings. The van der Waals surface area contributed by atoms with Crippen LogP contribution in [0.15, 0.2) is 72.2 Å². The van der Waals surface area contributed by atoms with E-state index in [-0.39, 0.29) is 5.91 Å². The molecule has 0 radical (unpaired) electrons. The topological polar surface area (TPSA) is 81.1 Å². The second kappa shape index (κ2) is 8.82. The van der Waals surface area contributed by atoms with Gasteiger partial charge in [0.05, 0.1) is 12.2 Å². The molecule has 154 valence electrons. The number of anilines is 2. The molecule has 1 aromatic heterocycles. The third kappa shape index (κ3) is 4.05. The number of nitrogens with zero attached hydrogens (tertiary/aromatic N) is 3. The molecule has 2 aromatic carbocycles. The molecule has 0 saturated carbocycles. The highest BCUT2D eigenvalue weighted by molar-refractivity contribution is 6.06. The first-order valence-electron chi connectivity index (χ1n) is 10.1. The second-order valence-electron chi connectivity index (χ2n) is 7.19. The molecule has 2 heterocycles. The standard InChI is InChI=1S/C23H25N5O2/c1-3-4-13-30-19-12-8-9-17(14-19)21-20(16(2)26-23-24-15-25-28(21)23)22(29)27-18-10-6-5-7-11-18/h5-12,14-15,21H,3-4,13H2,1-2H3,(H,27,29)(H,24,25,26). The SMILES string of the molecule is CCCCOc1cccc(C2C(C(=O)Nc3ccccc3)=C(C)Nc3ncnn32)c1. The highest BCUT2D eigenvalue weighted by Crippen LogP contribution is 2.36. The van der Waals surface area contributed by atoms with E-state index < -0.39 is 6.04 Å². The van der Waals surface area contributed by atoms with Gasteiger partial charge in [0.1, 0.15) is 18.1 Å². The molecule has 1 aliphatic heterocycles. The Bertz CT molecular complexity index is 1060. The molecular weight excluding hydrogens is 378 g/mol. The average molecular weight is 403 g/mol. The molecule has 7 heteroatoms. The zero-order chi connectivity index (χ0) is 20.9. The minimum Gasteiger partial charge on any atom is -0.494 e. The summed E-state index contributed by atoms with van der Waals surface area (Å²) in [6.07, 6.45) is 3.55. The molecule has 1 atom stereocenters. The van der Waals surface area contributed by atoms with Gasteiger partial charge in [-0.1, -0.05) is 43.7 Å². The lowest BCUT2D eigenvalue weighted by Gasteiger charge is -2.29. The first kappa shape index (κ1) is 19.7. The van der Waals surface area contributed by atoms with E-state index in [1.165, 1.54) is 6.33 Å². The molecule has 1 unspecified atom stereocenters. The number of hydrogen-bond donors (Lipinski definition) is 2. The maximum atomic E-state index is 13.3. The van der Waals surface area contributed by atoms with Crippen molar-refractivity contribution in [1.29, 1.82) is 0 Å². The van der Waals surface area contributed by atoms with Crippen LogP contribution in [0.25, 0.3) is 0 Å². The predicted molar refractivity (Wildman–Crippen MR) is 116 cm³/mol. The van der Waals surface area contributed by atoms with Gasteiger partial charge in [-0.3, -0.25) is 4.79 Å². The van der Waals surface area contributed by atoms with Crippen molar-refractivity contribution >= 4 is 17.5 Å². The largest absolute Gasteiger partial charge is 0.494 e. The zero-order valence-corrected chi connectivity index (χ0v) is 17.1. The zero-order valence-electron chi connectivity index (χ0n) is 17.1. The number of ether oxygens (including phenoxy) is 1. The fourth-order valence-electron chi connectivity index (χ4n) is 3.52. The van der Waals surface area contributed by atoms with E-state index in [1.807, 2.05) is 61.5 Å². The number of allylic oxidation sites excluding steroid dienone is 1. The summed E-state index contributed by atoms with van der Waals surface area (Å²) in [4.78, 5) is 17.6. The van der Waals surface area contributed by atoms with Gasteiger partial charge in [0, 0.05) is 11.4 Å². The first-order valence-corrected chi connectivity index (χ1v) is 10.1. The first-order chi connectivity index (χ1) is 14.7. The van der Waals surface area contributed by atoms with Gasteiger partial charge in [-0.15, -0.1) is 0 Å². The normalized spacial score (nSPS) is 15.3. The molecule has 2 N–H and O–H groups in total. The van der Waals surface area contributed by atoms with Crippen molar-refractivity contribution in [3.63, 3.8) is 0 Å². The second-order valence-corrected chi connectivity index (χ2v) is 7.19. The number of hydrogen-bond acceptors (Lipinski definition) is 5. The monoisotopic (exact) mass is 403 g/mol. The maximum absolute atomic E-state index is 13.3. The molecular formula is C23H25N5O2. The van der Waals surface area contributed by atoms with E-state index >= 15 is 0 Å². The van der Waals surface area contributed by atoms with Crippen LogP contribution in [0.1, 0.15) is 38.3 Å². The van der Waals surface area contributed by atoms with E-state index in [0.717, 1.165) is 35.5 Å². The van der Waals surface area contributed by atoms with E-state index in [9.17, 15) is 4.79 Å². The number of amides is 1. The Balaban J connectivity index is 1.70. The van der Waals surface area contributed by atoms with Crippen LogP contribution in [0.5, 0.6) is 5.75 Å². The number of aromatic nitrogens is 3. The third-order valence-electron chi connectivity index (χ3n) is 5.01. The molecule has 7 nitrogen and oxygen atoms in total. The van der Waals surface area contributed by atoms with Gasteiger partial charge in [-0.25, -0.2) is 4.68 Å². The Morgan fingerprint density at radius 3 is 2.83 bits per heavy atom. The summed E-state index contributed by atoms with van der Waals surface area (Å²) in [6.45, 7) is 4.68. The molecule has 30 heavy (non-hydrogen) atoms. The summed E-state index contributed by atoms with van der Waals surface area (Å²) in [5, 5.41) is 10.6. The van der Waals surface area contributed by atoms with Crippen LogP contribution in [0.2, 0.25) is 0 Å². The smallest absolute Gasteiger partial charge is 0.255 e. The molecule has 0 fully saturated rings. The van der Waals surface area contributed by atoms with Crippen LogP contribution in [-0.4, -0.2) is 27.3 Å². The third-order valence-corrected chi connectivity index (χ3v) is 5.01. The lowest BCUT2D eigenvalue weighted by molar-refractivity contribution is -0.113. The number of carbonyl (C=O) groups is 1. The highest BCUT2D eigenvalue weighted by Gasteiger charge is 2.33. The Kier molecular flexibility index (Phi) is 5.79. The number of benzene rings is 2. The lowest BCUT2D eigenvalue weighted by Crippen LogP contribution is -2.31. The predicted octanol–water partition coefficient (Wildman–Crippen LogP) is 4.38. The summed E-state index contributed by atoms with van der Waals surface area (Å²) in [7, 11) is 0. The summed E-state index contributed by atoms with van der Waals surface area (Å²) in [6, 6.07) is 16.8. The Morgan fingerprint density at radius 2 is 2.03 bits per heavy atom. The van der Waals surface area contributed by atoms with Crippen LogP contribution in [-0.2, 0) is 4.79 Å². The Hall–Kier alpha value is -3.61. The van der Waals surface area contributed by atoms with E-state index in [2.05, 4.69) is 27.6 Å². The van der Waals surface area contributed by atoms with Crippen molar-refractivity contribution in [2.45, 2.75) is 32.7 Å². The van der Waals surface area contributed by atoms with Crippen LogP contribution in [0.3, 0.4) is 0 Å². The number of para-hydroxylation sites is 1. The number of nitrogens with one attached hydrogen (secondary N) is 2. The summed E-state index contributed by atoms with van der Waals surface area (Å²) < 4.78 is 7.62. The number of fused-ring (bicyclic) bond motifs is 1. The van der Waals surface area contributed by atoms with Crippen molar-refractivity contribution in [2.75, 3.05) is 17.2 Å². The molecule has 0 spiro atoms. The summed E-state index contributed by atoms with van der Waals surface area (Å²) >= 11 is 0. The maximum Gasteiger partial charge on any atom is 0.255 e.